The quantitative estimate of drug-likeness (QED) is 0.908. The molecule has 19 heavy (non-hydrogen) atoms. The van der Waals surface area contributed by atoms with Crippen LogP contribution in [0.4, 0.5) is 0 Å². The molecule has 2 nitrogen and oxygen atoms in total. The van der Waals surface area contributed by atoms with Crippen molar-refractivity contribution in [1.29, 1.82) is 0 Å². The fourth-order valence-electron chi connectivity index (χ4n) is 1.68. The van der Waals surface area contributed by atoms with Crippen molar-refractivity contribution in [2.45, 2.75) is 13.0 Å². The van der Waals surface area contributed by atoms with Gasteiger partial charge in [0.2, 0.25) is 0 Å². The predicted molar refractivity (Wildman–Crippen MR) is 80.1 cm³/mol. The molecule has 0 aliphatic rings. The summed E-state index contributed by atoms with van der Waals surface area (Å²) in [6, 6.07) is 13.0. The van der Waals surface area contributed by atoms with Gasteiger partial charge >= 0.3 is 0 Å². The summed E-state index contributed by atoms with van der Waals surface area (Å²) in [4.78, 5) is 0. The molecule has 2 N–H and O–H groups in total. The molecule has 0 aliphatic heterocycles. The molecule has 0 spiro atoms. The molecule has 0 saturated heterocycles. The SMILES string of the molecule is Cc1ccc(C(N)COc2cc(Cl)ccc2Cl)cc1. The van der Waals surface area contributed by atoms with E-state index < -0.39 is 0 Å². The van der Waals surface area contributed by atoms with E-state index in [1.807, 2.05) is 31.2 Å². The Bertz CT molecular complexity index is 555. The second-order valence-corrected chi connectivity index (χ2v) is 5.25. The van der Waals surface area contributed by atoms with Crippen molar-refractivity contribution in [3.8, 4) is 5.75 Å². The molecule has 0 saturated carbocycles. The van der Waals surface area contributed by atoms with Crippen LogP contribution in [0.5, 0.6) is 5.75 Å². The highest BCUT2D eigenvalue weighted by molar-refractivity contribution is 6.34. The Morgan fingerprint density at radius 3 is 2.47 bits per heavy atom. The second-order valence-electron chi connectivity index (χ2n) is 4.40. The minimum Gasteiger partial charge on any atom is -0.490 e. The Morgan fingerprint density at radius 1 is 1.11 bits per heavy atom. The Kier molecular flexibility index (Phi) is 4.70. The molecule has 2 rings (SSSR count). The molecule has 0 aromatic heterocycles. The highest BCUT2D eigenvalue weighted by Gasteiger charge is 2.09. The van der Waals surface area contributed by atoms with Gasteiger partial charge < -0.3 is 10.5 Å². The normalized spacial score (nSPS) is 12.2. The molecule has 0 amide bonds. The molecule has 2 aromatic carbocycles. The molecule has 0 radical (unpaired) electrons. The van der Waals surface area contributed by atoms with Gasteiger partial charge in [0.15, 0.2) is 0 Å². The lowest BCUT2D eigenvalue weighted by atomic mass is 10.1. The van der Waals surface area contributed by atoms with Crippen LogP contribution in [0.15, 0.2) is 42.5 Å². The molecule has 100 valence electrons. The zero-order chi connectivity index (χ0) is 13.8. The van der Waals surface area contributed by atoms with Crippen LogP contribution in [0, 0.1) is 6.92 Å². The monoisotopic (exact) mass is 295 g/mol. The summed E-state index contributed by atoms with van der Waals surface area (Å²) in [5.41, 5.74) is 8.31. The third-order valence-electron chi connectivity index (χ3n) is 2.82. The Hall–Kier alpha value is -1.22. The van der Waals surface area contributed by atoms with Gasteiger partial charge in [-0.2, -0.15) is 0 Å². The number of rotatable bonds is 4. The minimum atomic E-state index is -0.198. The fraction of sp³-hybridized carbons (Fsp3) is 0.200. The first kappa shape index (κ1) is 14.2. The smallest absolute Gasteiger partial charge is 0.139 e. The van der Waals surface area contributed by atoms with Crippen molar-refractivity contribution in [2.24, 2.45) is 5.73 Å². The number of nitrogens with two attached hydrogens (primary N) is 1. The molecule has 0 fully saturated rings. The van der Waals surface area contributed by atoms with Crippen LogP contribution in [0.2, 0.25) is 10.0 Å². The van der Waals surface area contributed by atoms with Crippen LogP contribution in [0.1, 0.15) is 17.2 Å². The largest absolute Gasteiger partial charge is 0.490 e. The van der Waals surface area contributed by atoms with E-state index in [4.69, 9.17) is 33.7 Å². The van der Waals surface area contributed by atoms with Crippen molar-refractivity contribution in [3.63, 3.8) is 0 Å². The zero-order valence-corrected chi connectivity index (χ0v) is 12.1. The molecule has 0 bridgehead atoms. The van der Waals surface area contributed by atoms with Gasteiger partial charge in [0.25, 0.3) is 0 Å². The topological polar surface area (TPSA) is 35.2 Å². The van der Waals surface area contributed by atoms with Crippen LogP contribution in [-0.2, 0) is 0 Å². The van der Waals surface area contributed by atoms with Gasteiger partial charge in [0, 0.05) is 11.1 Å². The maximum absolute atomic E-state index is 6.08. The van der Waals surface area contributed by atoms with E-state index in [-0.39, 0.29) is 6.04 Å². The van der Waals surface area contributed by atoms with E-state index >= 15 is 0 Å². The fourth-order valence-corrected chi connectivity index (χ4v) is 2.01. The highest BCUT2D eigenvalue weighted by atomic mass is 35.5. The summed E-state index contributed by atoms with van der Waals surface area (Å²) in [7, 11) is 0. The summed E-state index contributed by atoms with van der Waals surface area (Å²) in [6.45, 7) is 2.39. The number of benzene rings is 2. The Morgan fingerprint density at radius 2 is 1.79 bits per heavy atom. The number of halogens is 2. The van der Waals surface area contributed by atoms with Crippen LogP contribution < -0.4 is 10.5 Å². The van der Waals surface area contributed by atoms with Crippen LogP contribution in [0.25, 0.3) is 0 Å². The van der Waals surface area contributed by atoms with Gasteiger partial charge in [-0.05, 0) is 24.6 Å². The third-order valence-corrected chi connectivity index (χ3v) is 3.36. The highest BCUT2D eigenvalue weighted by Crippen LogP contribution is 2.28. The van der Waals surface area contributed by atoms with E-state index in [1.165, 1.54) is 5.56 Å². The molecule has 0 aliphatic carbocycles. The molecule has 1 unspecified atom stereocenters. The van der Waals surface area contributed by atoms with Gasteiger partial charge in [0.05, 0.1) is 11.1 Å². The summed E-state index contributed by atoms with van der Waals surface area (Å²) in [5, 5.41) is 1.11. The lowest BCUT2D eigenvalue weighted by molar-refractivity contribution is 0.291. The van der Waals surface area contributed by atoms with Gasteiger partial charge in [-0.15, -0.1) is 0 Å². The molecule has 4 heteroatoms. The maximum atomic E-state index is 6.08. The first-order valence-electron chi connectivity index (χ1n) is 5.96. The van der Waals surface area contributed by atoms with Crippen molar-refractivity contribution in [1.82, 2.24) is 0 Å². The lowest BCUT2D eigenvalue weighted by Gasteiger charge is -2.14. The second kappa shape index (κ2) is 6.29. The molecular weight excluding hydrogens is 281 g/mol. The van der Waals surface area contributed by atoms with Crippen molar-refractivity contribution in [2.75, 3.05) is 6.61 Å². The average Bonchev–Trinajstić information content (AvgIpc) is 2.40. The van der Waals surface area contributed by atoms with Crippen molar-refractivity contribution >= 4 is 23.2 Å². The minimum absolute atomic E-state index is 0.198. The molecule has 2 aromatic rings. The first-order chi connectivity index (χ1) is 9.06. The number of hydrogen-bond acceptors (Lipinski definition) is 2. The third kappa shape index (κ3) is 3.87. The van der Waals surface area contributed by atoms with Gasteiger partial charge in [0.1, 0.15) is 12.4 Å². The summed E-state index contributed by atoms with van der Waals surface area (Å²) < 4.78 is 5.62. The Labute approximate surface area is 123 Å². The van der Waals surface area contributed by atoms with Crippen LogP contribution in [0.3, 0.4) is 0 Å². The van der Waals surface area contributed by atoms with E-state index in [1.54, 1.807) is 18.2 Å². The number of hydrogen-bond donors (Lipinski definition) is 1. The number of ether oxygens (including phenoxy) is 1. The predicted octanol–water partition coefficient (Wildman–Crippen LogP) is 4.38. The van der Waals surface area contributed by atoms with Crippen LogP contribution >= 0.6 is 23.2 Å². The van der Waals surface area contributed by atoms with E-state index in [9.17, 15) is 0 Å². The number of aryl methyl sites for hydroxylation is 1. The van der Waals surface area contributed by atoms with Gasteiger partial charge in [-0.1, -0.05) is 53.0 Å². The van der Waals surface area contributed by atoms with Crippen molar-refractivity contribution < 1.29 is 4.74 Å². The van der Waals surface area contributed by atoms with E-state index in [0.717, 1.165) is 5.56 Å². The van der Waals surface area contributed by atoms with E-state index in [0.29, 0.717) is 22.4 Å². The first-order valence-corrected chi connectivity index (χ1v) is 6.72. The van der Waals surface area contributed by atoms with Gasteiger partial charge in [-0.25, -0.2) is 0 Å². The Balaban J connectivity index is 2.02. The average molecular weight is 296 g/mol. The lowest BCUT2D eigenvalue weighted by Crippen LogP contribution is -2.19. The molecule has 1 atom stereocenters. The maximum Gasteiger partial charge on any atom is 0.139 e. The summed E-state index contributed by atoms with van der Waals surface area (Å²) in [5.74, 6) is 0.553. The summed E-state index contributed by atoms with van der Waals surface area (Å²) in [6.07, 6.45) is 0. The van der Waals surface area contributed by atoms with Gasteiger partial charge in [-0.3, -0.25) is 0 Å². The standard InChI is InChI=1S/C15H15Cl2NO/c1-10-2-4-11(5-3-10)14(18)9-19-15-8-12(16)6-7-13(15)17/h2-8,14H,9,18H2,1H3. The zero-order valence-electron chi connectivity index (χ0n) is 10.6. The van der Waals surface area contributed by atoms with Crippen LogP contribution in [-0.4, -0.2) is 6.61 Å². The molecule has 0 heterocycles. The van der Waals surface area contributed by atoms with Crippen molar-refractivity contribution in [3.05, 3.63) is 63.6 Å². The molecular formula is C15H15Cl2NO. The van der Waals surface area contributed by atoms with E-state index in [2.05, 4.69) is 0 Å². The summed E-state index contributed by atoms with van der Waals surface area (Å²) >= 11 is 11.9.